The number of hydrogen-bond acceptors (Lipinski definition) is 2. The van der Waals surface area contributed by atoms with Crippen molar-refractivity contribution in [2.75, 3.05) is 19.9 Å². The maximum atomic E-state index is 5.99. The molecule has 0 radical (unpaired) electrons. The van der Waals surface area contributed by atoms with Crippen molar-refractivity contribution in [3.8, 4) is 0 Å². The molecule has 0 N–H and O–H groups in total. The van der Waals surface area contributed by atoms with Crippen LogP contribution in [-0.2, 0) is 9.47 Å². The first-order valence-electron chi connectivity index (χ1n) is 9.27. The van der Waals surface area contributed by atoms with Gasteiger partial charge in [0.1, 0.15) is 0 Å². The van der Waals surface area contributed by atoms with Gasteiger partial charge in [-0.05, 0) is 0 Å². The Morgan fingerprint density at radius 1 is 0.741 bits per heavy atom. The van der Waals surface area contributed by atoms with Crippen molar-refractivity contribution < 1.29 is 9.47 Å². The van der Waals surface area contributed by atoms with Crippen LogP contribution < -0.4 is 15.9 Å². The van der Waals surface area contributed by atoms with Crippen LogP contribution in [0.15, 0.2) is 84.9 Å². The van der Waals surface area contributed by atoms with Crippen molar-refractivity contribution in [1.29, 1.82) is 0 Å². The van der Waals surface area contributed by atoms with Crippen molar-refractivity contribution in [1.82, 2.24) is 0 Å². The Hall–Kier alpha value is -1.51. The van der Waals surface area contributed by atoms with Crippen LogP contribution in [0.4, 0.5) is 0 Å². The Morgan fingerprint density at radius 2 is 1.22 bits per heavy atom. The molecule has 27 heavy (non-hydrogen) atoms. The van der Waals surface area contributed by atoms with Gasteiger partial charge in [-0.25, -0.2) is 0 Å². The van der Waals surface area contributed by atoms with Crippen LogP contribution in [0.1, 0.15) is 18.3 Å². The van der Waals surface area contributed by atoms with Crippen molar-refractivity contribution in [2.24, 2.45) is 0 Å². The zero-order valence-corrected chi connectivity index (χ0v) is 17.9. The Kier molecular flexibility index (Phi) is 5.22. The van der Waals surface area contributed by atoms with E-state index in [1.165, 1.54) is 15.9 Å². The average molecular weight is 443 g/mol. The Labute approximate surface area is 169 Å². The van der Waals surface area contributed by atoms with E-state index in [2.05, 4.69) is 107 Å². The van der Waals surface area contributed by atoms with Crippen LogP contribution >= 0.6 is 20.8 Å². The van der Waals surface area contributed by atoms with Crippen molar-refractivity contribution in [3.05, 3.63) is 90.5 Å². The van der Waals surface area contributed by atoms with Gasteiger partial charge < -0.3 is 0 Å². The molecule has 1 saturated heterocycles. The van der Waals surface area contributed by atoms with Crippen LogP contribution in [0, 0.1) is 0 Å². The molecule has 140 valence electrons. The predicted molar refractivity (Wildman–Crippen MR) is 119 cm³/mol. The minimum atomic E-state index is -2.86. The molecule has 1 aliphatic heterocycles. The van der Waals surface area contributed by atoms with Gasteiger partial charge in [-0.15, -0.1) is 0 Å². The fourth-order valence-electron chi connectivity index (χ4n) is 3.83. The summed E-state index contributed by atoms with van der Waals surface area (Å²) < 4.78 is 12.0. The number of ether oxygens (including phenoxy) is 2. The number of rotatable bonds is 4. The normalized spacial score (nSPS) is 17.2. The summed E-state index contributed by atoms with van der Waals surface area (Å²) in [7, 11) is 0. The topological polar surface area (TPSA) is 18.5 Å². The monoisotopic (exact) mass is 442 g/mol. The van der Waals surface area contributed by atoms with Gasteiger partial charge in [-0.1, -0.05) is 0 Å². The number of hydrogen-bond donors (Lipinski definition) is 0. The van der Waals surface area contributed by atoms with Gasteiger partial charge >= 0.3 is 169 Å². The molecule has 0 atom stereocenters. The second-order valence-electron chi connectivity index (χ2n) is 7.09. The molecule has 3 aromatic rings. The third kappa shape index (κ3) is 3.28. The van der Waals surface area contributed by atoms with Gasteiger partial charge in [-0.2, -0.15) is 0 Å². The number of halogens is 1. The molecule has 0 unspecified atom stereocenters. The van der Waals surface area contributed by atoms with E-state index in [9.17, 15) is 0 Å². The molecular formula is C23H24BrO2P. The van der Waals surface area contributed by atoms with E-state index in [4.69, 9.17) is 9.47 Å². The fourth-order valence-corrected chi connectivity index (χ4v) is 10.1. The molecule has 1 aliphatic rings. The van der Waals surface area contributed by atoms with Gasteiger partial charge in [0.2, 0.25) is 0 Å². The van der Waals surface area contributed by atoms with Crippen molar-refractivity contribution in [2.45, 2.75) is 12.7 Å². The van der Waals surface area contributed by atoms with E-state index in [1.807, 2.05) is 0 Å². The van der Waals surface area contributed by atoms with E-state index >= 15 is 0 Å². The Balaban J connectivity index is 1.99. The van der Waals surface area contributed by atoms with Gasteiger partial charge in [0, 0.05) is 0 Å². The molecule has 0 bridgehead atoms. The maximum absolute atomic E-state index is 5.99. The summed E-state index contributed by atoms with van der Waals surface area (Å²) in [5.74, 6) is 0. The standard InChI is InChI=1S/C23H24BrO2P/c1-27(24,19-11-4-2-5-12-19,20-13-6-3-7-14-20)22-16-9-8-15-21(22)23-25-17-10-18-26-23/h2-9,11-16,23H,10,17-18H2,1H3. The molecule has 0 saturated carbocycles. The van der Waals surface area contributed by atoms with Crippen LogP contribution in [0.25, 0.3) is 0 Å². The zero-order chi connectivity index (χ0) is 18.8. The fraction of sp³-hybridized carbons (Fsp3) is 0.217. The summed E-state index contributed by atoms with van der Waals surface area (Å²) in [6.45, 7) is 3.83. The Morgan fingerprint density at radius 3 is 1.78 bits per heavy atom. The van der Waals surface area contributed by atoms with Crippen molar-refractivity contribution in [3.63, 3.8) is 0 Å². The summed E-state index contributed by atoms with van der Waals surface area (Å²) in [5, 5.41) is 0.975. The third-order valence-corrected chi connectivity index (χ3v) is 13.5. The zero-order valence-electron chi connectivity index (χ0n) is 15.4. The molecular weight excluding hydrogens is 419 g/mol. The first-order valence-corrected chi connectivity index (χ1v) is 14.0. The van der Waals surface area contributed by atoms with E-state index in [0.29, 0.717) is 0 Å². The second-order valence-corrected chi connectivity index (χ2v) is 16.8. The molecule has 1 heterocycles. The van der Waals surface area contributed by atoms with E-state index in [0.717, 1.165) is 25.2 Å². The van der Waals surface area contributed by atoms with Crippen LogP contribution in [0.3, 0.4) is 0 Å². The quantitative estimate of drug-likeness (QED) is 0.535. The SMILES string of the molecule is CP(Br)(c1ccccc1)(c1ccccc1)c1ccccc1C1OCCCO1. The van der Waals surface area contributed by atoms with Crippen LogP contribution in [0.2, 0.25) is 0 Å². The van der Waals surface area contributed by atoms with Crippen LogP contribution in [0.5, 0.6) is 0 Å². The summed E-state index contributed by atoms with van der Waals surface area (Å²) in [4.78, 5) is 0. The second kappa shape index (κ2) is 7.48. The molecule has 2 nitrogen and oxygen atoms in total. The van der Waals surface area contributed by atoms with Gasteiger partial charge in [0.15, 0.2) is 0 Å². The predicted octanol–water partition coefficient (Wildman–Crippen LogP) is 4.89. The van der Waals surface area contributed by atoms with Gasteiger partial charge in [0.25, 0.3) is 0 Å². The number of benzene rings is 3. The molecule has 1 fully saturated rings. The summed E-state index contributed by atoms with van der Waals surface area (Å²) in [6, 6.07) is 30.0. The summed E-state index contributed by atoms with van der Waals surface area (Å²) >= 11 is 4.35. The van der Waals surface area contributed by atoms with Gasteiger partial charge in [0.05, 0.1) is 0 Å². The van der Waals surface area contributed by atoms with E-state index in [-0.39, 0.29) is 6.29 Å². The molecule has 0 spiro atoms. The molecule has 0 aromatic heterocycles. The molecule has 4 rings (SSSR count). The minimum absolute atomic E-state index is 0.318. The van der Waals surface area contributed by atoms with E-state index < -0.39 is 5.31 Å². The van der Waals surface area contributed by atoms with Gasteiger partial charge in [-0.3, -0.25) is 0 Å². The summed E-state index contributed by atoms with van der Waals surface area (Å²) in [6.07, 6.45) is 0.626. The first-order chi connectivity index (χ1) is 13.1. The average Bonchev–Trinajstić information content (AvgIpc) is 2.76. The molecule has 4 heteroatoms. The summed E-state index contributed by atoms with van der Waals surface area (Å²) in [5.41, 5.74) is 1.11. The Bertz CT molecular complexity index is 862. The molecule has 0 aliphatic carbocycles. The third-order valence-electron chi connectivity index (χ3n) is 5.33. The van der Waals surface area contributed by atoms with Crippen LogP contribution in [-0.4, -0.2) is 19.9 Å². The first kappa shape index (κ1) is 18.8. The molecule has 3 aromatic carbocycles. The van der Waals surface area contributed by atoms with Crippen molar-refractivity contribution >= 4 is 36.7 Å². The van der Waals surface area contributed by atoms with E-state index in [1.54, 1.807) is 0 Å². The molecule has 0 amide bonds.